The first-order chi connectivity index (χ1) is 13.1. The Hall–Kier alpha value is -1.06. The average Bonchev–Trinajstić information content (AvgIpc) is 3.48. The Morgan fingerprint density at radius 3 is 2.71 bits per heavy atom. The molecule has 6 nitrogen and oxygen atoms in total. The van der Waals surface area contributed by atoms with Gasteiger partial charge in [0.15, 0.2) is 5.96 Å². The normalized spacial score (nSPS) is 18.9. The summed E-state index contributed by atoms with van der Waals surface area (Å²) in [6.07, 6.45) is 3.86. The van der Waals surface area contributed by atoms with E-state index >= 15 is 0 Å². The van der Waals surface area contributed by atoms with E-state index in [2.05, 4.69) is 35.8 Å². The van der Waals surface area contributed by atoms with Crippen molar-refractivity contribution in [2.45, 2.75) is 51.7 Å². The molecule has 158 valence electrons. The van der Waals surface area contributed by atoms with Crippen molar-refractivity contribution in [2.75, 3.05) is 32.9 Å². The van der Waals surface area contributed by atoms with Gasteiger partial charge in [-0.1, -0.05) is 12.1 Å². The lowest BCUT2D eigenvalue weighted by Crippen LogP contribution is -2.49. The minimum absolute atomic E-state index is 0. The van der Waals surface area contributed by atoms with Gasteiger partial charge in [0.1, 0.15) is 5.75 Å². The number of halogens is 1. The summed E-state index contributed by atoms with van der Waals surface area (Å²) in [7, 11) is 0. The Balaban J connectivity index is 0.00000280. The van der Waals surface area contributed by atoms with Crippen molar-refractivity contribution >= 4 is 29.9 Å². The summed E-state index contributed by atoms with van der Waals surface area (Å²) in [6.45, 7) is 7.92. The molecule has 1 saturated heterocycles. The summed E-state index contributed by atoms with van der Waals surface area (Å²) in [5.74, 6) is 2.37. The van der Waals surface area contributed by atoms with Gasteiger partial charge in [0.05, 0.1) is 18.8 Å². The zero-order valence-corrected chi connectivity index (χ0v) is 19.3. The third-order valence-corrected chi connectivity index (χ3v) is 5.15. The third-order valence-electron chi connectivity index (χ3n) is 5.15. The van der Waals surface area contributed by atoms with E-state index < -0.39 is 5.60 Å². The van der Waals surface area contributed by atoms with E-state index in [0.717, 1.165) is 30.4 Å². The molecular formula is C21H34IN3O3. The molecule has 1 aromatic rings. The molecule has 0 bridgehead atoms. The Kier molecular flexibility index (Phi) is 9.30. The van der Waals surface area contributed by atoms with Crippen LogP contribution in [-0.2, 0) is 11.3 Å². The largest absolute Gasteiger partial charge is 0.493 e. The first-order valence-electron chi connectivity index (χ1n) is 10.1. The van der Waals surface area contributed by atoms with E-state index in [1.165, 1.54) is 18.4 Å². The van der Waals surface area contributed by atoms with Crippen molar-refractivity contribution in [1.82, 2.24) is 10.6 Å². The number of guanidine groups is 1. The van der Waals surface area contributed by atoms with E-state index in [1.54, 1.807) is 0 Å². The van der Waals surface area contributed by atoms with Crippen LogP contribution in [0.2, 0.25) is 0 Å². The molecule has 0 radical (unpaired) electrons. The second-order valence-electron chi connectivity index (χ2n) is 7.75. The van der Waals surface area contributed by atoms with Crippen molar-refractivity contribution in [3.63, 3.8) is 0 Å². The molecule has 0 atom stereocenters. The Bertz CT molecular complexity index is 644. The number of aliphatic imine (C=N–C) groups is 1. The number of benzene rings is 1. The van der Waals surface area contributed by atoms with Gasteiger partial charge < -0.3 is 25.2 Å². The Morgan fingerprint density at radius 2 is 2.04 bits per heavy atom. The lowest BCUT2D eigenvalue weighted by atomic mass is 9.94. The molecule has 1 aliphatic heterocycles. The second kappa shape index (κ2) is 11.2. The maximum atomic E-state index is 10.6. The molecule has 0 amide bonds. The summed E-state index contributed by atoms with van der Waals surface area (Å²) in [5.41, 5.74) is 1.56. The molecular weight excluding hydrogens is 469 g/mol. The van der Waals surface area contributed by atoms with Gasteiger partial charge in [-0.25, -0.2) is 4.99 Å². The Labute approximate surface area is 185 Å². The maximum Gasteiger partial charge on any atom is 0.191 e. The van der Waals surface area contributed by atoms with E-state index in [-0.39, 0.29) is 24.0 Å². The smallest absolute Gasteiger partial charge is 0.191 e. The van der Waals surface area contributed by atoms with Crippen LogP contribution in [0.3, 0.4) is 0 Å². The number of ether oxygens (including phenoxy) is 2. The lowest BCUT2D eigenvalue weighted by Gasteiger charge is -2.32. The van der Waals surface area contributed by atoms with Crippen molar-refractivity contribution < 1.29 is 14.6 Å². The van der Waals surface area contributed by atoms with Gasteiger partial charge in [0.25, 0.3) is 0 Å². The fourth-order valence-corrected chi connectivity index (χ4v) is 3.10. The van der Waals surface area contributed by atoms with Crippen LogP contribution < -0.4 is 15.4 Å². The highest BCUT2D eigenvalue weighted by atomic mass is 127. The van der Waals surface area contributed by atoms with Crippen LogP contribution in [0.1, 0.15) is 43.7 Å². The van der Waals surface area contributed by atoms with Gasteiger partial charge >= 0.3 is 0 Å². The molecule has 1 aromatic carbocycles. The second-order valence-corrected chi connectivity index (χ2v) is 7.75. The predicted molar refractivity (Wildman–Crippen MR) is 123 cm³/mol. The van der Waals surface area contributed by atoms with Crippen LogP contribution in [0.5, 0.6) is 5.75 Å². The highest BCUT2D eigenvalue weighted by Gasteiger charge is 2.29. The van der Waals surface area contributed by atoms with Crippen LogP contribution in [0.25, 0.3) is 0 Å². The molecule has 7 heteroatoms. The molecule has 0 aromatic heterocycles. The zero-order chi connectivity index (χ0) is 19.1. The lowest BCUT2D eigenvalue weighted by molar-refractivity contribution is -0.0594. The average molecular weight is 503 g/mol. The third kappa shape index (κ3) is 7.40. The summed E-state index contributed by atoms with van der Waals surface area (Å²) < 4.78 is 11.4. The van der Waals surface area contributed by atoms with E-state index in [9.17, 15) is 5.11 Å². The number of nitrogens with zero attached hydrogens (tertiary/aromatic N) is 1. The monoisotopic (exact) mass is 503 g/mol. The summed E-state index contributed by atoms with van der Waals surface area (Å²) >= 11 is 0. The van der Waals surface area contributed by atoms with Crippen LogP contribution in [-0.4, -0.2) is 49.6 Å². The predicted octanol–water partition coefficient (Wildman–Crippen LogP) is 3.00. The van der Waals surface area contributed by atoms with Crippen LogP contribution in [0.15, 0.2) is 23.2 Å². The van der Waals surface area contributed by atoms with E-state index in [1.807, 2.05) is 6.92 Å². The van der Waals surface area contributed by atoms with Crippen molar-refractivity contribution in [3.8, 4) is 5.75 Å². The highest BCUT2D eigenvalue weighted by molar-refractivity contribution is 14.0. The van der Waals surface area contributed by atoms with Crippen LogP contribution >= 0.6 is 24.0 Å². The fourth-order valence-electron chi connectivity index (χ4n) is 3.10. The SMILES string of the molecule is CCNC(=NCc1ccc(C)cc1OCC1CC1)NCC1(O)CCOCC1.I. The van der Waals surface area contributed by atoms with E-state index in [4.69, 9.17) is 14.5 Å². The quantitative estimate of drug-likeness (QED) is 0.289. The van der Waals surface area contributed by atoms with Crippen molar-refractivity contribution in [1.29, 1.82) is 0 Å². The van der Waals surface area contributed by atoms with Crippen LogP contribution in [0.4, 0.5) is 0 Å². The molecule has 0 spiro atoms. The van der Waals surface area contributed by atoms with Gasteiger partial charge in [-0.2, -0.15) is 0 Å². The zero-order valence-electron chi connectivity index (χ0n) is 17.0. The van der Waals surface area contributed by atoms with Crippen molar-refractivity contribution in [2.24, 2.45) is 10.9 Å². The summed E-state index contributed by atoms with van der Waals surface area (Å²) in [4.78, 5) is 4.70. The number of rotatable bonds is 8. The molecule has 1 saturated carbocycles. The number of hydrogen-bond donors (Lipinski definition) is 3. The van der Waals surface area contributed by atoms with Gasteiger partial charge in [-0.3, -0.25) is 0 Å². The number of aryl methyl sites for hydroxylation is 1. The maximum absolute atomic E-state index is 10.6. The number of hydrogen-bond acceptors (Lipinski definition) is 4. The first kappa shape index (κ1) is 23.2. The highest BCUT2D eigenvalue weighted by Crippen LogP contribution is 2.31. The topological polar surface area (TPSA) is 75.1 Å². The molecule has 2 fully saturated rings. The Morgan fingerprint density at radius 1 is 1.29 bits per heavy atom. The first-order valence-corrected chi connectivity index (χ1v) is 10.1. The standard InChI is InChI=1S/C21H33N3O3.HI/c1-3-22-20(24-15-21(25)8-10-26-11-9-21)23-13-18-7-4-16(2)12-19(18)27-14-17-5-6-17;/h4,7,12,17,25H,3,5-6,8-11,13-15H2,1-2H3,(H2,22,23,24);1H. The summed E-state index contributed by atoms with van der Waals surface area (Å²) in [5, 5.41) is 17.2. The molecule has 0 unspecified atom stereocenters. The molecule has 1 heterocycles. The number of nitrogens with one attached hydrogen (secondary N) is 2. The van der Waals surface area contributed by atoms with Crippen LogP contribution in [0, 0.1) is 12.8 Å². The van der Waals surface area contributed by atoms with Gasteiger partial charge in [0, 0.05) is 44.7 Å². The van der Waals surface area contributed by atoms with E-state index in [0.29, 0.717) is 45.1 Å². The minimum atomic E-state index is -0.725. The molecule has 3 N–H and O–H groups in total. The minimum Gasteiger partial charge on any atom is -0.493 e. The molecule has 1 aliphatic carbocycles. The fraction of sp³-hybridized carbons (Fsp3) is 0.667. The summed E-state index contributed by atoms with van der Waals surface area (Å²) in [6, 6.07) is 6.29. The molecule has 28 heavy (non-hydrogen) atoms. The van der Waals surface area contributed by atoms with Crippen molar-refractivity contribution in [3.05, 3.63) is 29.3 Å². The van der Waals surface area contributed by atoms with Gasteiger partial charge in [0.2, 0.25) is 0 Å². The van der Waals surface area contributed by atoms with Gasteiger partial charge in [-0.15, -0.1) is 24.0 Å². The van der Waals surface area contributed by atoms with Gasteiger partial charge in [-0.05, 0) is 44.2 Å². The number of aliphatic hydroxyl groups is 1. The molecule has 3 rings (SSSR count). The molecule has 2 aliphatic rings.